The molecule has 0 radical (unpaired) electrons. The molecule has 5 heteroatoms. The van der Waals surface area contributed by atoms with Crippen molar-refractivity contribution in [3.63, 3.8) is 0 Å². The predicted molar refractivity (Wildman–Crippen MR) is 75.1 cm³/mol. The zero-order valence-electron chi connectivity index (χ0n) is 10.6. The van der Waals surface area contributed by atoms with E-state index in [-0.39, 0.29) is 23.1 Å². The molecule has 2 rings (SSSR count). The molecule has 0 aliphatic rings. The van der Waals surface area contributed by atoms with E-state index in [2.05, 4.69) is 0 Å². The lowest BCUT2D eigenvalue weighted by molar-refractivity contribution is 0.00437. The highest BCUT2D eigenvalue weighted by atomic mass is 35.5. The zero-order valence-corrected chi connectivity index (χ0v) is 11.3. The van der Waals surface area contributed by atoms with Crippen LogP contribution in [0.25, 0.3) is 0 Å². The van der Waals surface area contributed by atoms with Gasteiger partial charge in [-0.3, -0.25) is 0 Å². The molecule has 0 amide bonds. The Bertz CT molecular complexity index is 584. The second-order valence-corrected chi connectivity index (χ2v) is 4.43. The van der Waals surface area contributed by atoms with Gasteiger partial charge in [-0.1, -0.05) is 48.0 Å². The average Bonchev–Trinajstić information content (AvgIpc) is 2.45. The van der Waals surface area contributed by atoms with Crippen molar-refractivity contribution in [2.75, 3.05) is 6.79 Å². The molecule has 0 aliphatic heterocycles. The van der Waals surface area contributed by atoms with Crippen molar-refractivity contribution in [3.05, 3.63) is 64.7 Å². The molecule has 104 valence electrons. The summed E-state index contributed by atoms with van der Waals surface area (Å²) in [6.45, 7) is 0.312. The van der Waals surface area contributed by atoms with E-state index in [1.807, 2.05) is 30.3 Å². The number of para-hydroxylation sites is 1. The lowest BCUT2D eigenvalue weighted by atomic mass is 10.2. The van der Waals surface area contributed by atoms with Gasteiger partial charge in [0.05, 0.1) is 11.6 Å². The third kappa shape index (κ3) is 3.73. The first-order chi connectivity index (χ1) is 9.68. The number of carboxylic acids is 1. The van der Waals surface area contributed by atoms with Crippen LogP contribution in [0.4, 0.5) is 0 Å². The summed E-state index contributed by atoms with van der Waals surface area (Å²) in [7, 11) is 0. The number of ether oxygens (including phenoxy) is 2. The molecule has 0 atom stereocenters. The summed E-state index contributed by atoms with van der Waals surface area (Å²) >= 11 is 5.93. The molecule has 0 unspecified atom stereocenters. The van der Waals surface area contributed by atoms with Crippen molar-refractivity contribution in [2.45, 2.75) is 6.61 Å². The number of rotatable bonds is 6. The van der Waals surface area contributed by atoms with E-state index in [0.717, 1.165) is 5.56 Å². The number of hydrogen-bond donors (Lipinski definition) is 1. The van der Waals surface area contributed by atoms with E-state index >= 15 is 0 Å². The highest BCUT2D eigenvalue weighted by Gasteiger charge is 2.14. The maximum Gasteiger partial charge on any atom is 0.339 e. The Morgan fingerprint density at radius 2 is 1.85 bits per heavy atom. The van der Waals surface area contributed by atoms with E-state index in [1.54, 1.807) is 12.1 Å². The molecule has 0 bridgehead atoms. The number of aromatic carboxylic acids is 1. The van der Waals surface area contributed by atoms with E-state index in [0.29, 0.717) is 6.61 Å². The van der Waals surface area contributed by atoms with Crippen molar-refractivity contribution in [3.8, 4) is 5.75 Å². The Morgan fingerprint density at radius 3 is 2.55 bits per heavy atom. The standard InChI is InChI=1S/C15H13ClO4/c16-13-8-4-7-12(15(17)18)14(13)20-10-19-9-11-5-2-1-3-6-11/h1-8H,9-10H2,(H,17,18). The van der Waals surface area contributed by atoms with Crippen LogP contribution in [0.2, 0.25) is 5.02 Å². The Labute approximate surface area is 121 Å². The molecule has 0 fully saturated rings. The Balaban J connectivity index is 1.93. The first-order valence-electron chi connectivity index (χ1n) is 5.95. The minimum absolute atomic E-state index is 0.0146. The first kappa shape index (κ1) is 14.4. The smallest absolute Gasteiger partial charge is 0.339 e. The summed E-state index contributed by atoms with van der Waals surface area (Å²) in [6.07, 6.45) is 0. The fraction of sp³-hybridized carbons (Fsp3) is 0.133. The van der Waals surface area contributed by atoms with Crippen molar-refractivity contribution in [2.24, 2.45) is 0 Å². The van der Waals surface area contributed by atoms with Gasteiger partial charge in [-0.2, -0.15) is 0 Å². The summed E-state index contributed by atoms with van der Waals surface area (Å²) < 4.78 is 10.7. The van der Waals surface area contributed by atoms with Gasteiger partial charge < -0.3 is 14.6 Å². The number of hydrogen-bond acceptors (Lipinski definition) is 3. The van der Waals surface area contributed by atoms with Gasteiger partial charge in [0.15, 0.2) is 12.5 Å². The first-order valence-corrected chi connectivity index (χ1v) is 6.32. The van der Waals surface area contributed by atoms with Gasteiger partial charge in [-0.25, -0.2) is 4.79 Å². The maximum absolute atomic E-state index is 11.0. The highest BCUT2D eigenvalue weighted by Crippen LogP contribution is 2.28. The van der Waals surface area contributed by atoms with E-state index in [9.17, 15) is 4.79 Å². The SMILES string of the molecule is O=C(O)c1cccc(Cl)c1OCOCc1ccccc1. The van der Waals surface area contributed by atoms with E-state index in [4.69, 9.17) is 26.2 Å². The van der Waals surface area contributed by atoms with Crippen molar-refractivity contribution < 1.29 is 19.4 Å². The molecular weight excluding hydrogens is 280 g/mol. The topological polar surface area (TPSA) is 55.8 Å². The fourth-order valence-corrected chi connectivity index (χ4v) is 1.89. The summed E-state index contributed by atoms with van der Waals surface area (Å²) in [6, 6.07) is 14.2. The van der Waals surface area contributed by atoms with Crippen molar-refractivity contribution in [1.82, 2.24) is 0 Å². The quantitative estimate of drug-likeness (QED) is 0.653. The third-order valence-electron chi connectivity index (χ3n) is 2.60. The number of carbonyl (C=O) groups is 1. The van der Waals surface area contributed by atoms with Crippen molar-refractivity contribution >= 4 is 17.6 Å². The van der Waals surface area contributed by atoms with Gasteiger partial charge in [0.25, 0.3) is 0 Å². The van der Waals surface area contributed by atoms with Gasteiger partial charge in [0, 0.05) is 0 Å². The Hall–Kier alpha value is -2.04. The van der Waals surface area contributed by atoms with Gasteiger partial charge in [-0.15, -0.1) is 0 Å². The molecule has 0 heterocycles. The summed E-state index contributed by atoms with van der Waals surface area (Å²) in [5, 5.41) is 9.29. The molecule has 2 aromatic carbocycles. The molecule has 0 saturated carbocycles. The minimum atomic E-state index is -1.09. The summed E-state index contributed by atoms with van der Waals surface area (Å²) in [5.74, 6) is -0.972. The van der Waals surface area contributed by atoms with Crippen molar-refractivity contribution in [1.29, 1.82) is 0 Å². The van der Waals surface area contributed by atoms with Gasteiger partial charge in [-0.05, 0) is 17.7 Å². The molecule has 20 heavy (non-hydrogen) atoms. The van der Waals surface area contributed by atoms with E-state index in [1.165, 1.54) is 6.07 Å². The van der Waals surface area contributed by atoms with Crippen LogP contribution >= 0.6 is 11.6 Å². The molecule has 0 aliphatic carbocycles. The summed E-state index contributed by atoms with van der Waals surface area (Å²) in [5.41, 5.74) is 1.02. The second-order valence-electron chi connectivity index (χ2n) is 4.02. The van der Waals surface area contributed by atoms with Crippen LogP contribution in [0.5, 0.6) is 5.75 Å². The second kappa shape index (κ2) is 6.93. The molecule has 4 nitrogen and oxygen atoms in total. The third-order valence-corrected chi connectivity index (χ3v) is 2.89. The number of halogens is 1. The van der Waals surface area contributed by atoms with Crippen LogP contribution in [-0.2, 0) is 11.3 Å². The number of benzene rings is 2. The molecule has 1 N–H and O–H groups in total. The average molecular weight is 293 g/mol. The van der Waals surface area contributed by atoms with Crippen LogP contribution in [0.1, 0.15) is 15.9 Å². The molecule has 0 saturated heterocycles. The van der Waals surface area contributed by atoms with E-state index < -0.39 is 5.97 Å². The Kier molecular flexibility index (Phi) is 4.98. The Morgan fingerprint density at radius 1 is 1.10 bits per heavy atom. The zero-order chi connectivity index (χ0) is 14.4. The van der Waals surface area contributed by atoms with Crippen LogP contribution in [-0.4, -0.2) is 17.9 Å². The molecule has 0 aromatic heterocycles. The molecular formula is C15H13ClO4. The van der Waals surface area contributed by atoms with Crippen LogP contribution < -0.4 is 4.74 Å². The monoisotopic (exact) mass is 292 g/mol. The van der Waals surface area contributed by atoms with Gasteiger partial charge in [0.1, 0.15) is 5.56 Å². The molecule has 0 spiro atoms. The largest absolute Gasteiger partial charge is 0.478 e. The summed E-state index contributed by atoms with van der Waals surface area (Å²) in [4.78, 5) is 11.0. The lowest BCUT2D eigenvalue weighted by Crippen LogP contribution is -2.07. The fourth-order valence-electron chi connectivity index (χ4n) is 1.66. The van der Waals surface area contributed by atoms with Crippen LogP contribution in [0.15, 0.2) is 48.5 Å². The predicted octanol–water partition coefficient (Wildman–Crippen LogP) is 3.59. The normalized spacial score (nSPS) is 10.2. The van der Waals surface area contributed by atoms with Crippen LogP contribution in [0.3, 0.4) is 0 Å². The lowest BCUT2D eigenvalue weighted by Gasteiger charge is -2.11. The minimum Gasteiger partial charge on any atom is -0.478 e. The van der Waals surface area contributed by atoms with Gasteiger partial charge in [0.2, 0.25) is 0 Å². The highest BCUT2D eigenvalue weighted by molar-refractivity contribution is 6.32. The maximum atomic E-state index is 11.0. The van der Waals surface area contributed by atoms with Crippen LogP contribution in [0, 0.1) is 0 Å². The number of carboxylic acid groups (broad SMARTS) is 1. The van der Waals surface area contributed by atoms with Gasteiger partial charge >= 0.3 is 5.97 Å². The molecule has 2 aromatic rings.